The minimum atomic E-state index is 0.518. The molecule has 1 rings (SSSR count). The van der Waals surface area contributed by atoms with Crippen LogP contribution in [0, 0.1) is 11.8 Å². The molecule has 1 aliphatic carbocycles. The Hall–Kier alpha value is -0.0800. The third kappa shape index (κ3) is 4.63. The normalized spacial score (nSPS) is 20.3. The van der Waals surface area contributed by atoms with Gasteiger partial charge in [-0.15, -0.1) is 0 Å². The van der Waals surface area contributed by atoms with Gasteiger partial charge >= 0.3 is 0 Å². The van der Waals surface area contributed by atoms with Gasteiger partial charge in [-0.2, -0.15) is 5.48 Å². The molecule has 0 aromatic carbocycles. The maximum atomic E-state index is 5.38. The monoisotopic (exact) mass is 185 g/mol. The molecule has 0 saturated heterocycles. The van der Waals surface area contributed by atoms with Crippen LogP contribution in [0.25, 0.3) is 0 Å². The number of hydrogen-bond acceptors (Lipinski definition) is 2. The lowest BCUT2D eigenvalue weighted by Gasteiger charge is -2.28. The van der Waals surface area contributed by atoms with E-state index >= 15 is 0 Å². The molecule has 2 heteroatoms. The molecule has 0 spiro atoms. The van der Waals surface area contributed by atoms with E-state index in [1.807, 2.05) is 0 Å². The molecule has 2 nitrogen and oxygen atoms in total. The SMILES string of the molecule is CC(C)CONC(C)CC1CCC1. The molecule has 0 aromatic heterocycles. The van der Waals surface area contributed by atoms with Gasteiger partial charge in [0.1, 0.15) is 0 Å². The average Bonchev–Trinajstić information content (AvgIpc) is 1.96. The Kier molecular flexibility index (Phi) is 4.74. The molecule has 1 saturated carbocycles. The molecule has 0 aromatic rings. The van der Waals surface area contributed by atoms with Crippen molar-refractivity contribution in [1.82, 2.24) is 5.48 Å². The van der Waals surface area contributed by atoms with Crippen LogP contribution in [0.5, 0.6) is 0 Å². The topological polar surface area (TPSA) is 21.3 Å². The average molecular weight is 185 g/mol. The van der Waals surface area contributed by atoms with Gasteiger partial charge < -0.3 is 4.84 Å². The highest BCUT2D eigenvalue weighted by Gasteiger charge is 2.19. The summed E-state index contributed by atoms with van der Waals surface area (Å²) in [4.78, 5) is 5.38. The van der Waals surface area contributed by atoms with Gasteiger partial charge in [0.25, 0.3) is 0 Å². The van der Waals surface area contributed by atoms with Crippen LogP contribution in [0.4, 0.5) is 0 Å². The lowest BCUT2D eigenvalue weighted by Crippen LogP contribution is -2.31. The molecular formula is C11H23NO. The Balaban J connectivity index is 1.93. The summed E-state index contributed by atoms with van der Waals surface area (Å²) < 4.78 is 0. The van der Waals surface area contributed by atoms with Crippen molar-refractivity contribution in [3.05, 3.63) is 0 Å². The van der Waals surface area contributed by atoms with Crippen LogP contribution in [0.3, 0.4) is 0 Å². The molecule has 1 atom stereocenters. The van der Waals surface area contributed by atoms with Gasteiger partial charge in [0.2, 0.25) is 0 Å². The minimum Gasteiger partial charge on any atom is -0.301 e. The molecule has 13 heavy (non-hydrogen) atoms. The maximum absolute atomic E-state index is 5.38. The Labute approximate surface area is 82.0 Å². The van der Waals surface area contributed by atoms with Crippen molar-refractivity contribution in [2.24, 2.45) is 11.8 Å². The Morgan fingerprint density at radius 3 is 2.46 bits per heavy atom. The molecule has 0 bridgehead atoms. The summed E-state index contributed by atoms with van der Waals surface area (Å²) in [6, 6.07) is 0.518. The second kappa shape index (κ2) is 5.61. The van der Waals surface area contributed by atoms with E-state index in [9.17, 15) is 0 Å². The van der Waals surface area contributed by atoms with E-state index in [0.717, 1.165) is 12.5 Å². The van der Waals surface area contributed by atoms with E-state index in [0.29, 0.717) is 12.0 Å². The zero-order chi connectivity index (χ0) is 9.68. The van der Waals surface area contributed by atoms with Gasteiger partial charge in [-0.3, -0.25) is 0 Å². The van der Waals surface area contributed by atoms with E-state index < -0.39 is 0 Å². The predicted molar refractivity (Wildman–Crippen MR) is 55.3 cm³/mol. The first-order valence-corrected chi connectivity index (χ1v) is 5.55. The molecular weight excluding hydrogens is 162 g/mol. The zero-order valence-electron chi connectivity index (χ0n) is 9.18. The summed E-state index contributed by atoms with van der Waals surface area (Å²) >= 11 is 0. The zero-order valence-corrected chi connectivity index (χ0v) is 9.18. The fourth-order valence-corrected chi connectivity index (χ4v) is 1.63. The predicted octanol–water partition coefficient (Wildman–Crippen LogP) is 2.74. The smallest absolute Gasteiger partial charge is 0.0705 e. The van der Waals surface area contributed by atoms with Crippen LogP contribution >= 0.6 is 0 Å². The molecule has 0 radical (unpaired) electrons. The first-order valence-electron chi connectivity index (χ1n) is 5.55. The summed E-state index contributed by atoms with van der Waals surface area (Å²) in [6.45, 7) is 7.35. The van der Waals surface area contributed by atoms with Crippen molar-refractivity contribution in [3.8, 4) is 0 Å². The molecule has 78 valence electrons. The Morgan fingerprint density at radius 2 is 2.00 bits per heavy atom. The number of hydroxylamine groups is 1. The fourth-order valence-electron chi connectivity index (χ4n) is 1.63. The lowest BCUT2D eigenvalue weighted by molar-refractivity contribution is -0.00279. The summed E-state index contributed by atoms with van der Waals surface area (Å²) in [5.74, 6) is 1.58. The first kappa shape index (κ1) is 11.0. The van der Waals surface area contributed by atoms with E-state index in [1.165, 1.54) is 25.7 Å². The van der Waals surface area contributed by atoms with Crippen LogP contribution < -0.4 is 5.48 Å². The van der Waals surface area contributed by atoms with Gasteiger partial charge in [-0.1, -0.05) is 33.1 Å². The molecule has 1 unspecified atom stereocenters. The molecule has 0 aliphatic heterocycles. The highest BCUT2D eigenvalue weighted by molar-refractivity contribution is 4.73. The van der Waals surface area contributed by atoms with Crippen molar-refractivity contribution >= 4 is 0 Å². The second-order valence-electron chi connectivity index (χ2n) is 4.76. The van der Waals surface area contributed by atoms with Crippen LogP contribution in [0.15, 0.2) is 0 Å². The largest absolute Gasteiger partial charge is 0.301 e. The van der Waals surface area contributed by atoms with Crippen molar-refractivity contribution < 1.29 is 4.84 Å². The Bertz CT molecular complexity index is 132. The summed E-state index contributed by atoms with van der Waals surface area (Å²) in [7, 11) is 0. The summed E-state index contributed by atoms with van der Waals surface area (Å²) in [5.41, 5.74) is 3.11. The van der Waals surface area contributed by atoms with E-state index in [2.05, 4.69) is 26.3 Å². The molecule has 1 aliphatic rings. The van der Waals surface area contributed by atoms with Crippen LogP contribution in [0.1, 0.15) is 46.5 Å². The number of hydrogen-bond donors (Lipinski definition) is 1. The maximum Gasteiger partial charge on any atom is 0.0705 e. The molecule has 1 fully saturated rings. The highest BCUT2D eigenvalue weighted by Crippen LogP contribution is 2.30. The van der Waals surface area contributed by atoms with Gasteiger partial charge in [-0.25, -0.2) is 0 Å². The van der Waals surface area contributed by atoms with E-state index in [4.69, 9.17) is 4.84 Å². The van der Waals surface area contributed by atoms with Gasteiger partial charge in [0, 0.05) is 6.04 Å². The Morgan fingerprint density at radius 1 is 1.31 bits per heavy atom. The van der Waals surface area contributed by atoms with Crippen LogP contribution in [-0.2, 0) is 4.84 Å². The van der Waals surface area contributed by atoms with Crippen molar-refractivity contribution in [3.63, 3.8) is 0 Å². The van der Waals surface area contributed by atoms with E-state index in [-0.39, 0.29) is 0 Å². The molecule has 1 N–H and O–H groups in total. The minimum absolute atomic E-state index is 0.518. The van der Waals surface area contributed by atoms with Crippen LogP contribution in [-0.4, -0.2) is 12.6 Å². The third-order valence-corrected chi connectivity index (χ3v) is 2.61. The van der Waals surface area contributed by atoms with Crippen molar-refractivity contribution in [2.45, 2.75) is 52.5 Å². The summed E-state index contributed by atoms with van der Waals surface area (Å²) in [6.07, 6.45) is 5.56. The third-order valence-electron chi connectivity index (χ3n) is 2.61. The fraction of sp³-hybridized carbons (Fsp3) is 1.00. The van der Waals surface area contributed by atoms with E-state index in [1.54, 1.807) is 0 Å². The van der Waals surface area contributed by atoms with Gasteiger partial charge in [0.05, 0.1) is 6.61 Å². The number of nitrogens with one attached hydrogen (secondary N) is 1. The van der Waals surface area contributed by atoms with Crippen LogP contribution in [0.2, 0.25) is 0 Å². The lowest BCUT2D eigenvalue weighted by atomic mass is 9.81. The van der Waals surface area contributed by atoms with Crippen molar-refractivity contribution in [1.29, 1.82) is 0 Å². The van der Waals surface area contributed by atoms with Crippen molar-refractivity contribution in [2.75, 3.05) is 6.61 Å². The summed E-state index contributed by atoms with van der Waals surface area (Å²) in [5, 5.41) is 0. The molecule has 0 heterocycles. The quantitative estimate of drug-likeness (QED) is 0.642. The standard InChI is InChI=1S/C11H23NO/c1-9(2)8-13-12-10(3)7-11-5-4-6-11/h9-12H,4-8H2,1-3H3. The van der Waals surface area contributed by atoms with Gasteiger partial charge in [-0.05, 0) is 25.2 Å². The second-order valence-corrected chi connectivity index (χ2v) is 4.76. The molecule has 0 amide bonds. The number of rotatable bonds is 6. The van der Waals surface area contributed by atoms with Gasteiger partial charge in [0.15, 0.2) is 0 Å². The highest BCUT2D eigenvalue weighted by atomic mass is 16.6. The first-order chi connectivity index (χ1) is 6.18.